The highest BCUT2D eigenvalue weighted by atomic mass is 35.5. The summed E-state index contributed by atoms with van der Waals surface area (Å²) in [6.07, 6.45) is 4.10. The van der Waals surface area contributed by atoms with Gasteiger partial charge in [0, 0.05) is 22.8 Å². The van der Waals surface area contributed by atoms with Crippen LogP contribution in [-0.2, 0) is 4.79 Å². The van der Waals surface area contributed by atoms with E-state index in [4.69, 9.17) is 21.3 Å². The van der Waals surface area contributed by atoms with Crippen molar-refractivity contribution in [2.75, 3.05) is 12.3 Å². The Morgan fingerprint density at radius 1 is 1.46 bits per heavy atom. The van der Waals surface area contributed by atoms with E-state index >= 15 is 0 Å². The molecule has 1 saturated carbocycles. The van der Waals surface area contributed by atoms with Crippen LogP contribution in [0, 0.1) is 23.2 Å². The maximum atomic E-state index is 12.2. The van der Waals surface area contributed by atoms with Crippen molar-refractivity contribution in [3.8, 4) is 6.07 Å². The molecular formula is C17H18ClN3O2S. The van der Waals surface area contributed by atoms with E-state index in [-0.39, 0.29) is 24.3 Å². The van der Waals surface area contributed by atoms with Crippen LogP contribution in [0.5, 0.6) is 0 Å². The summed E-state index contributed by atoms with van der Waals surface area (Å²) >= 11 is 7.50. The predicted molar refractivity (Wildman–Crippen MR) is 93.8 cm³/mol. The fourth-order valence-electron chi connectivity index (χ4n) is 3.13. The molecule has 24 heavy (non-hydrogen) atoms. The van der Waals surface area contributed by atoms with Gasteiger partial charge in [-0.25, -0.2) is 4.98 Å². The molecule has 1 aromatic heterocycles. The van der Waals surface area contributed by atoms with Crippen molar-refractivity contribution in [2.45, 2.75) is 30.9 Å². The van der Waals surface area contributed by atoms with Crippen LogP contribution in [0.1, 0.15) is 25.7 Å². The predicted octanol–water partition coefficient (Wildman–Crippen LogP) is 4.02. The fourth-order valence-corrected chi connectivity index (χ4v) is 4.36. The Bertz CT molecular complexity index is 771. The number of carbonyl (C=O) groups excluding carboxylic acids is 1. The van der Waals surface area contributed by atoms with Gasteiger partial charge < -0.3 is 9.73 Å². The van der Waals surface area contributed by atoms with Crippen LogP contribution in [0.25, 0.3) is 11.1 Å². The van der Waals surface area contributed by atoms with Crippen LogP contribution in [-0.4, -0.2) is 23.2 Å². The van der Waals surface area contributed by atoms with E-state index in [1.165, 1.54) is 11.8 Å². The minimum Gasteiger partial charge on any atom is -0.431 e. The molecule has 0 spiro atoms. The van der Waals surface area contributed by atoms with Crippen LogP contribution < -0.4 is 5.32 Å². The van der Waals surface area contributed by atoms with Gasteiger partial charge in [-0.15, -0.1) is 0 Å². The number of benzene rings is 1. The molecule has 1 aromatic carbocycles. The van der Waals surface area contributed by atoms with E-state index in [2.05, 4.69) is 10.3 Å². The second-order valence-electron chi connectivity index (χ2n) is 5.93. The summed E-state index contributed by atoms with van der Waals surface area (Å²) < 4.78 is 5.72. The van der Waals surface area contributed by atoms with Gasteiger partial charge in [0.15, 0.2) is 5.58 Å². The van der Waals surface area contributed by atoms with E-state index < -0.39 is 0 Å². The Labute approximate surface area is 149 Å². The topological polar surface area (TPSA) is 78.9 Å². The summed E-state index contributed by atoms with van der Waals surface area (Å²) in [4.78, 5) is 16.7. The molecular weight excluding hydrogens is 346 g/mol. The molecule has 0 radical (unpaired) electrons. The highest BCUT2D eigenvalue weighted by molar-refractivity contribution is 7.99. The molecule has 126 valence electrons. The van der Waals surface area contributed by atoms with Gasteiger partial charge >= 0.3 is 0 Å². The summed E-state index contributed by atoms with van der Waals surface area (Å²) in [6.45, 7) is 0.0705. The minimum absolute atomic E-state index is 0.00815. The summed E-state index contributed by atoms with van der Waals surface area (Å²) in [7, 11) is 0. The third kappa shape index (κ3) is 4.03. The minimum atomic E-state index is -0.0292. The molecule has 3 rings (SSSR count). The molecule has 7 heteroatoms. The van der Waals surface area contributed by atoms with Crippen molar-refractivity contribution in [3.05, 3.63) is 23.2 Å². The molecule has 1 aliphatic rings. The van der Waals surface area contributed by atoms with Crippen molar-refractivity contribution >= 4 is 40.4 Å². The number of aromatic nitrogens is 1. The molecule has 1 fully saturated rings. The van der Waals surface area contributed by atoms with Crippen molar-refractivity contribution in [1.82, 2.24) is 10.3 Å². The fraction of sp³-hybridized carbons (Fsp3) is 0.471. The lowest BCUT2D eigenvalue weighted by Gasteiger charge is -2.29. The average Bonchev–Trinajstić information content (AvgIpc) is 3.00. The second kappa shape index (κ2) is 7.91. The molecule has 2 aromatic rings. The summed E-state index contributed by atoms with van der Waals surface area (Å²) in [5.41, 5.74) is 1.46. The Morgan fingerprint density at radius 2 is 2.29 bits per heavy atom. The van der Waals surface area contributed by atoms with Crippen LogP contribution in [0.2, 0.25) is 5.02 Å². The number of halogens is 1. The van der Waals surface area contributed by atoms with E-state index in [1.807, 2.05) is 12.1 Å². The zero-order valence-corrected chi connectivity index (χ0v) is 14.7. The number of fused-ring (bicyclic) bond motifs is 1. The third-order valence-corrected chi connectivity index (χ3v) is 5.59. The highest BCUT2D eigenvalue weighted by Gasteiger charge is 2.31. The summed E-state index contributed by atoms with van der Waals surface area (Å²) in [6, 6.07) is 7.34. The van der Waals surface area contributed by atoms with Gasteiger partial charge in [-0.2, -0.15) is 5.26 Å². The molecule has 1 aliphatic carbocycles. The largest absolute Gasteiger partial charge is 0.431 e. The van der Waals surface area contributed by atoms with E-state index in [0.29, 0.717) is 15.8 Å². The standard InChI is InChI=1S/C17H18ClN3O2S/c18-12-5-6-14-15(9-12)23-17(21-14)24-10-11-3-1-2-4-13(11)16(22)20-8-7-19/h5-6,9,11,13H,1-4,8,10H2,(H,20,22). The van der Waals surface area contributed by atoms with Crippen molar-refractivity contribution in [1.29, 1.82) is 5.26 Å². The quantitative estimate of drug-likeness (QED) is 0.641. The average molecular weight is 364 g/mol. The zero-order chi connectivity index (χ0) is 16.9. The van der Waals surface area contributed by atoms with Crippen LogP contribution in [0.15, 0.2) is 27.8 Å². The number of rotatable bonds is 5. The molecule has 5 nitrogen and oxygen atoms in total. The van der Waals surface area contributed by atoms with Crippen molar-refractivity contribution < 1.29 is 9.21 Å². The van der Waals surface area contributed by atoms with Gasteiger partial charge in [-0.3, -0.25) is 4.79 Å². The van der Waals surface area contributed by atoms with Crippen molar-refractivity contribution in [3.63, 3.8) is 0 Å². The first-order valence-corrected chi connectivity index (χ1v) is 9.37. The third-order valence-electron chi connectivity index (χ3n) is 4.34. The number of thioether (sulfide) groups is 1. The molecule has 0 saturated heterocycles. The first-order chi connectivity index (χ1) is 11.7. The van der Waals surface area contributed by atoms with Gasteiger partial charge in [-0.05, 0) is 30.9 Å². The van der Waals surface area contributed by atoms with E-state index in [9.17, 15) is 4.79 Å². The van der Waals surface area contributed by atoms with Crippen LogP contribution in [0.3, 0.4) is 0 Å². The van der Waals surface area contributed by atoms with Gasteiger partial charge in [-0.1, -0.05) is 36.2 Å². The number of oxazole rings is 1. The van der Waals surface area contributed by atoms with Crippen molar-refractivity contribution in [2.24, 2.45) is 11.8 Å². The first-order valence-electron chi connectivity index (χ1n) is 8.01. The zero-order valence-electron chi connectivity index (χ0n) is 13.1. The number of hydrogen-bond acceptors (Lipinski definition) is 5. The first kappa shape index (κ1) is 17.1. The Balaban J connectivity index is 1.64. The number of nitrogens with zero attached hydrogens (tertiary/aromatic N) is 2. The van der Waals surface area contributed by atoms with Gasteiger partial charge in [0.25, 0.3) is 5.22 Å². The van der Waals surface area contributed by atoms with E-state index in [1.54, 1.807) is 12.1 Å². The Morgan fingerprint density at radius 3 is 3.12 bits per heavy atom. The van der Waals surface area contributed by atoms with Gasteiger partial charge in [0.05, 0.1) is 6.07 Å². The Kier molecular flexibility index (Phi) is 5.64. The molecule has 2 unspecified atom stereocenters. The smallest absolute Gasteiger partial charge is 0.256 e. The maximum absolute atomic E-state index is 12.2. The maximum Gasteiger partial charge on any atom is 0.256 e. The normalized spacial score (nSPS) is 20.7. The number of nitriles is 1. The molecule has 1 amide bonds. The lowest BCUT2D eigenvalue weighted by molar-refractivity contribution is -0.127. The summed E-state index contributed by atoms with van der Waals surface area (Å²) in [5.74, 6) is 1.02. The molecule has 1 N–H and O–H groups in total. The number of hydrogen-bond donors (Lipinski definition) is 1. The van der Waals surface area contributed by atoms with Crippen LogP contribution in [0.4, 0.5) is 0 Å². The SMILES string of the molecule is N#CCNC(=O)C1CCCCC1CSc1nc2ccc(Cl)cc2o1. The van der Waals surface area contributed by atoms with Crippen LogP contribution >= 0.6 is 23.4 Å². The molecule has 1 heterocycles. The monoisotopic (exact) mass is 363 g/mol. The second-order valence-corrected chi connectivity index (χ2v) is 7.34. The molecule has 0 aliphatic heterocycles. The number of carbonyl (C=O) groups is 1. The number of nitrogens with one attached hydrogen (secondary N) is 1. The summed E-state index contributed by atoms with van der Waals surface area (Å²) in [5, 5.41) is 12.5. The molecule has 0 bridgehead atoms. The molecule has 2 atom stereocenters. The van der Waals surface area contributed by atoms with Gasteiger partial charge in [0.1, 0.15) is 12.1 Å². The van der Waals surface area contributed by atoms with E-state index in [0.717, 1.165) is 37.0 Å². The Hall–Kier alpha value is -1.71. The lowest BCUT2D eigenvalue weighted by Crippen LogP contribution is -2.37. The van der Waals surface area contributed by atoms with Gasteiger partial charge in [0.2, 0.25) is 5.91 Å². The lowest BCUT2D eigenvalue weighted by atomic mass is 9.80. The highest BCUT2D eigenvalue weighted by Crippen LogP contribution is 2.35. The number of amides is 1.